The molecule has 0 bridgehead atoms. The Morgan fingerprint density at radius 3 is 2.75 bits per heavy atom. The molecule has 0 saturated carbocycles. The molecule has 1 unspecified atom stereocenters. The quantitative estimate of drug-likeness (QED) is 0.575. The Balaban J connectivity index is 1.59. The number of hydrogen-bond donors (Lipinski definition) is 0. The lowest BCUT2D eigenvalue weighted by atomic mass is 9.81. The third kappa shape index (κ3) is 3.52. The van der Waals surface area contributed by atoms with Gasteiger partial charge in [-0.05, 0) is 54.7 Å². The number of urea groups is 1. The Kier molecular flexibility index (Phi) is 5.33. The smallest absolute Gasteiger partial charge is 0.320 e. The van der Waals surface area contributed by atoms with Gasteiger partial charge < -0.3 is 14.5 Å². The number of halogens is 1. The van der Waals surface area contributed by atoms with Crippen molar-refractivity contribution in [3.8, 4) is 11.4 Å². The molecule has 1 aliphatic heterocycles. The highest BCUT2D eigenvalue weighted by Gasteiger charge is 2.35. The number of benzene rings is 2. The van der Waals surface area contributed by atoms with Crippen molar-refractivity contribution in [2.45, 2.75) is 38.3 Å². The fraction of sp³-hybridized carbons (Fsp3) is 0.360. The fourth-order valence-corrected chi connectivity index (χ4v) is 5.21. The zero-order valence-corrected chi connectivity index (χ0v) is 19.4. The molecule has 0 saturated heterocycles. The first kappa shape index (κ1) is 20.9. The molecule has 6 nitrogen and oxygen atoms in total. The van der Waals surface area contributed by atoms with Gasteiger partial charge >= 0.3 is 6.03 Å². The molecule has 0 radical (unpaired) electrons. The Morgan fingerprint density at radius 2 is 1.97 bits per heavy atom. The topological polar surface area (TPSA) is 50.6 Å². The van der Waals surface area contributed by atoms with E-state index in [1.807, 2.05) is 35.2 Å². The van der Waals surface area contributed by atoms with Gasteiger partial charge in [-0.15, -0.1) is 0 Å². The number of rotatable bonds is 3. The number of para-hydroxylation sites is 2. The van der Waals surface area contributed by atoms with Crippen LogP contribution in [0.15, 0.2) is 42.5 Å². The van der Waals surface area contributed by atoms with Crippen molar-refractivity contribution in [1.29, 1.82) is 0 Å². The molecule has 2 aromatic carbocycles. The SMILES string of the molecule is COc1ccccc1-n1nc2c(c1C1CCc3cc(Cl)ccc3C1)CN(C(=O)N(C)C)C2. The summed E-state index contributed by atoms with van der Waals surface area (Å²) >= 11 is 6.23. The summed E-state index contributed by atoms with van der Waals surface area (Å²) in [6.07, 6.45) is 2.93. The average Bonchev–Trinajstić information content (AvgIpc) is 3.36. The molecule has 5 rings (SSSR count). The van der Waals surface area contributed by atoms with Crippen LogP contribution in [0.3, 0.4) is 0 Å². The van der Waals surface area contributed by atoms with Gasteiger partial charge in [-0.2, -0.15) is 5.10 Å². The lowest BCUT2D eigenvalue weighted by molar-refractivity contribution is 0.170. The van der Waals surface area contributed by atoms with Gasteiger partial charge in [-0.1, -0.05) is 29.8 Å². The first-order valence-electron chi connectivity index (χ1n) is 10.9. The highest BCUT2D eigenvalue weighted by Crippen LogP contribution is 2.40. The normalized spacial score (nSPS) is 17.1. The molecule has 1 atom stereocenters. The second-order valence-electron chi connectivity index (χ2n) is 8.78. The van der Waals surface area contributed by atoms with Crippen molar-refractivity contribution in [2.75, 3.05) is 21.2 Å². The van der Waals surface area contributed by atoms with E-state index in [4.69, 9.17) is 21.4 Å². The van der Waals surface area contributed by atoms with Crippen LogP contribution in [0, 0.1) is 0 Å². The summed E-state index contributed by atoms with van der Waals surface area (Å²) in [7, 11) is 5.27. The van der Waals surface area contributed by atoms with Gasteiger partial charge in [0.25, 0.3) is 0 Å². The fourth-order valence-electron chi connectivity index (χ4n) is 5.02. The van der Waals surface area contributed by atoms with E-state index in [2.05, 4.69) is 16.8 Å². The van der Waals surface area contributed by atoms with Crippen LogP contribution in [0.2, 0.25) is 5.02 Å². The van der Waals surface area contributed by atoms with Crippen LogP contribution in [0.5, 0.6) is 5.75 Å². The van der Waals surface area contributed by atoms with E-state index < -0.39 is 0 Å². The third-order valence-electron chi connectivity index (χ3n) is 6.55. The maximum atomic E-state index is 12.6. The van der Waals surface area contributed by atoms with E-state index in [0.29, 0.717) is 19.0 Å². The number of aryl methyl sites for hydroxylation is 1. The summed E-state index contributed by atoms with van der Waals surface area (Å²) in [6.45, 7) is 1.11. The summed E-state index contributed by atoms with van der Waals surface area (Å²) in [5, 5.41) is 5.80. The van der Waals surface area contributed by atoms with E-state index in [1.165, 1.54) is 22.4 Å². The van der Waals surface area contributed by atoms with Gasteiger partial charge in [-0.25, -0.2) is 9.48 Å². The molecule has 166 valence electrons. The minimum atomic E-state index is 0.0152. The Hall–Kier alpha value is -2.99. The van der Waals surface area contributed by atoms with Gasteiger partial charge in [-0.3, -0.25) is 0 Å². The highest BCUT2D eigenvalue weighted by molar-refractivity contribution is 6.30. The first-order chi connectivity index (χ1) is 15.5. The highest BCUT2D eigenvalue weighted by atomic mass is 35.5. The molecule has 0 spiro atoms. The zero-order chi connectivity index (χ0) is 22.4. The van der Waals surface area contributed by atoms with Crippen molar-refractivity contribution >= 4 is 17.6 Å². The maximum Gasteiger partial charge on any atom is 0.320 e. The van der Waals surface area contributed by atoms with Crippen molar-refractivity contribution in [3.05, 3.63) is 75.6 Å². The number of carbonyl (C=O) groups is 1. The van der Waals surface area contributed by atoms with Crippen LogP contribution in [-0.2, 0) is 25.9 Å². The molecule has 1 aliphatic carbocycles. The van der Waals surface area contributed by atoms with E-state index in [9.17, 15) is 4.79 Å². The Labute approximate surface area is 193 Å². The summed E-state index contributed by atoms with van der Waals surface area (Å²) in [5.41, 5.74) is 6.95. The second kappa shape index (κ2) is 8.17. The number of amides is 2. The van der Waals surface area contributed by atoms with Crippen LogP contribution in [-0.4, -0.2) is 46.8 Å². The summed E-state index contributed by atoms with van der Waals surface area (Å²) in [5.74, 6) is 1.10. The van der Waals surface area contributed by atoms with Gasteiger partial charge in [0, 0.05) is 30.6 Å². The molecule has 7 heteroatoms. The molecule has 32 heavy (non-hydrogen) atoms. The molecule has 3 aromatic rings. The van der Waals surface area contributed by atoms with Gasteiger partial charge in [0.15, 0.2) is 0 Å². The van der Waals surface area contributed by atoms with Crippen LogP contribution in [0.1, 0.15) is 40.4 Å². The van der Waals surface area contributed by atoms with Crippen LogP contribution in [0.25, 0.3) is 5.69 Å². The summed E-state index contributed by atoms with van der Waals surface area (Å²) in [4.78, 5) is 16.1. The summed E-state index contributed by atoms with van der Waals surface area (Å²) < 4.78 is 7.72. The minimum absolute atomic E-state index is 0.0152. The standard InChI is InChI=1S/C25H27ClN4O2/c1-28(2)25(31)29-14-20-21(15-29)27-30(22-6-4-5-7-23(22)32-3)24(20)18-9-8-17-13-19(26)11-10-16(17)12-18/h4-7,10-11,13,18H,8-9,12,14-15H2,1-3H3. The van der Waals surface area contributed by atoms with E-state index >= 15 is 0 Å². The first-order valence-corrected chi connectivity index (χ1v) is 11.3. The lowest BCUT2D eigenvalue weighted by Gasteiger charge is -2.27. The predicted octanol–water partition coefficient (Wildman–Crippen LogP) is 4.80. The minimum Gasteiger partial charge on any atom is -0.494 e. The lowest BCUT2D eigenvalue weighted by Crippen LogP contribution is -2.36. The number of ether oxygens (including phenoxy) is 1. The molecule has 1 aromatic heterocycles. The largest absolute Gasteiger partial charge is 0.494 e. The number of fused-ring (bicyclic) bond motifs is 2. The molecular formula is C25H27ClN4O2. The number of carbonyl (C=O) groups excluding carboxylic acids is 1. The molecule has 0 fully saturated rings. The number of nitrogens with zero attached hydrogens (tertiary/aromatic N) is 4. The molecule has 2 amide bonds. The van der Waals surface area contributed by atoms with E-state index in [1.54, 1.807) is 26.1 Å². The Bertz CT molecular complexity index is 1190. The maximum absolute atomic E-state index is 12.6. The van der Waals surface area contributed by atoms with Gasteiger partial charge in [0.05, 0.1) is 31.6 Å². The number of hydrogen-bond acceptors (Lipinski definition) is 3. The molecular weight excluding hydrogens is 424 g/mol. The van der Waals surface area contributed by atoms with E-state index in [0.717, 1.165) is 41.4 Å². The monoisotopic (exact) mass is 450 g/mol. The van der Waals surface area contributed by atoms with Crippen molar-refractivity contribution in [3.63, 3.8) is 0 Å². The van der Waals surface area contributed by atoms with Crippen molar-refractivity contribution in [2.24, 2.45) is 0 Å². The molecule has 2 heterocycles. The summed E-state index contributed by atoms with van der Waals surface area (Å²) in [6, 6.07) is 14.2. The van der Waals surface area contributed by atoms with Crippen molar-refractivity contribution < 1.29 is 9.53 Å². The van der Waals surface area contributed by atoms with Crippen LogP contribution >= 0.6 is 11.6 Å². The van der Waals surface area contributed by atoms with Gasteiger partial charge in [0.2, 0.25) is 0 Å². The zero-order valence-electron chi connectivity index (χ0n) is 18.6. The number of methoxy groups -OCH3 is 1. The Morgan fingerprint density at radius 1 is 1.16 bits per heavy atom. The second-order valence-corrected chi connectivity index (χ2v) is 9.22. The van der Waals surface area contributed by atoms with Crippen LogP contribution < -0.4 is 4.74 Å². The van der Waals surface area contributed by atoms with Crippen LogP contribution in [0.4, 0.5) is 4.79 Å². The van der Waals surface area contributed by atoms with E-state index in [-0.39, 0.29) is 6.03 Å². The molecule has 2 aliphatic rings. The number of aromatic nitrogens is 2. The van der Waals surface area contributed by atoms with Gasteiger partial charge in [0.1, 0.15) is 11.4 Å². The predicted molar refractivity (Wildman–Crippen MR) is 125 cm³/mol. The average molecular weight is 451 g/mol. The van der Waals surface area contributed by atoms with Crippen molar-refractivity contribution in [1.82, 2.24) is 19.6 Å². The molecule has 0 N–H and O–H groups in total. The third-order valence-corrected chi connectivity index (χ3v) is 6.78.